The number of carbonyl (C=O) groups is 1. The van der Waals surface area contributed by atoms with Crippen molar-refractivity contribution in [2.45, 2.75) is 13.1 Å². The lowest BCUT2D eigenvalue weighted by atomic mass is 10.0. The lowest BCUT2D eigenvalue weighted by Crippen LogP contribution is -2.43. The van der Waals surface area contributed by atoms with Crippen LogP contribution < -0.4 is 24.4 Å². The average Bonchev–Trinajstić information content (AvgIpc) is 2.79. The lowest BCUT2D eigenvalue weighted by molar-refractivity contribution is 0.0974. The van der Waals surface area contributed by atoms with Gasteiger partial charge in [-0.05, 0) is 49.4 Å². The van der Waals surface area contributed by atoms with E-state index in [1.165, 1.54) is 0 Å². The monoisotopic (exact) mass is 404 g/mol. The van der Waals surface area contributed by atoms with Gasteiger partial charge in [0.1, 0.15) is 11.9 Å². The Balaban J connectivity index is 1.85. The Morgan fingerprint density at radius 1 is 0.933 bits per heavy atom. The Labute approximate surface area is 176 Å². The van der Waals surface area contributed by atoms with Crippen LogP contribution in [0.3, 0.4) is 0 Å². The van der Waals surface area contributed by atoms with Gasteiger partial charge in [0.25, 0.3) is 5.91 Å². The number of methoxy groups -OCH3 is 2. The molecule has 1 aliphatic rings. The summed E-state index contributed by atoms with van der Waals surface area (Å²) in [5.41, 5.74) is 2.94. The van der Waals surface area contributed by atoms with E-state index in [0.29, 0.717) is 23.7 Å². The van der Waals surface area contributed by atoms with Gasteiger partial charge >= 0.3 is 0 Å². The number of rotatable bonds is 6. The molecule has 1 aliphatic heterocycles. The molecule has 6 nitrogen and oxygen atoms in total. The summed E-state index contributed by atoms with van der Waals surface area (Å²) in [5, 5.41) is 3.50. The highest BCUT2D eigenvalue weighted by Crippen LogP contribution is 2.42. The van der Waals surface area contributed by atoms with E-state index >= 15 is 0 Å². The van der Waals surface area contributed by atoms with E-state index in [1.54, 1.807) is 19.1 Å². The molecule has 0 aliphatic carbocycles. The molecule has 3 aromatic carbocycles. The molecule has 0 radical (unpaired) electrons. The van der Waals surface area contributed by atoms with Gasteiger partial charge in [-0.15, -0.1) is 0 Å². The smallest absolute Gasteiger partial charge is 0.262 e. The van der Waals surface area contributed by atoms with Gasteiger partial charge in [0, 0.05) is 16.9 Å². The molecule has 1 atom stereocenters. The zero-order valence-electron chi connectivity index (χ0n) is 17.2. The van der Waals surface area contributed by atoms with Crippen LogP contribution in [0, 0.1) is 0 Å². The molecule has 3 aromatic rings. The van der Waals surface area contributed by atoms with Gasteiger partial charge in [0.15, 0.2) is 11.5 Å². The summed E-state index contributed by atoms with van der Waals surface area (Å²) in [6, 6.07) is 20.7. The van der Waals surface area contributed by atoms with Crippen molar-refractivity contribution in [1.82, 2.24) is 0 Å². The predicted molar refractivity (Wildman–Crippen MR) is 117 cm³/mol. The summed E-state index contributed by atoms with van der Waals surface area (Å²) in [6.45, 7) is 2.52. The molecule has 1 N–H and O–H groups in total. The van der Waals surface area contributed by atoms with E-state index in [1.807, 2.05) is 73.7 Å². The van der Waals surface area contributed by atoms with Crippen LogP contribution >= 0.6 is 0 Å². The Kier molecular flexibility index (Phi) is 5.48. The molecule has 0 bridgehead atoms. The summed E-state index contributed by atoms with van der Waals surface area (Å²) in [7, 11) is 3.20. The average molecular weight is 404 g/mol. The summed E-state index contributed by atoms with van der Waals surface area (Å²) in [5.74, 6) is 1.85. The quantitative estimate of drug-likeness (QED) is 0.635. The molecule has 6 heteroatoms. The second-order valence-electron chi connectivity index (χ2n) is 6.78. The zero-order chi connectivity index (χ0) is 21.1. The maximum atomic E-state index is 13.5. The first-order chi connectivity index (χ1) is 14.7. The molecule has 154 valence electrons. The number of nitrogens with one attached hydrogen (secondary N) is 1. The zero-order valence-corrected chi connectivity index (χ0v) is 17.2. The van der Waals surface area contributed by atoms with Gasteiger partial charge in [0.2, 0.25) is 0 Å². The summed E-state index contributed by atoms with van der Waals surface area (Å²) < 4.78 is 16.7. The lowest BCUT2D eigenvalue weighted by Gasteiger charge is -2.38. The molecule has 0 spiro atoms. The highest BCUT2D eigenvalue weighted by Gasteiger charge is 2.36. The molecule has 0 fully saturated rings. The molecule has 0 aromatic heterocycles. The van der Waals surface area contributed by atoms with E-state index in [4.69, 9.17) is 14.2 Å². The van der Waals surface area contributed by atoms with Crippen LogP contribution in [0.25, 0.3) is 0 Å². The number of nitrogens with zero attached hydrogens (tertiary/aromatic N) is 1. The third kappa shape index (κ3) is 3.41. The highest BCUT2D eigenvalue weighted by atomic mass is 16.5. The Hall–Kier alpha value is -3.67. The molecule has 0 saturated heterocycles. The van der Waals surface area contributed by atoms with Gasteiger partial charge < -0.3 is 19.5 Å². The molecule has 0 unspecified atom stereocenters. The predicted octanol–water partition coefficient (Wildman–Crippen LogP) is 4.87. The number of fused-ring (bicyclic) bond motifs is 1. The van der Waals surface area contributed by atoms with E-state index < -0.39 is 6.17 Å². The van der Waals surface area contributed by atoms with E-state index in [0.717, 1.165) is 22.7 Å². The molecule has 4 rings (SSSR count). The standard InChI is InChI=1S/C24H24N2O4/c1-4-30-17-14-12-16(13-15-17)26-23(19-9-7-11-21(28-2)22(19)29-3)25-20-10-6-5-8-18(20)24(26)27/h5-15,23,25H,4H2,1-3H3/t23-/m0/s1. The van der Waals surface area contributed by atoms with Crippen molar-refractivity contribution in [3.63, 3.8) is 0 Å². The van der Waals surface area contributed by atoms with Crippen molar-refractivity contribution in [1.29, 1.82) is 0 Å². The summed E-state index contributed by atoms with van der Waals surface area (Å²) >= 11 is 0. The van der Waals surface area contributed by atoms with Gasteiger partial charge in [-0.1, -0.05) is 24.3 Å². The number of anilines is 2. The van der Waals surface area contributed by atoms with Gasteiger partial charge in [-0.3, -0.25) is 9.69 Å². The summed E-state index contributed by atoms with van der Waals surface area (Å²) in [6.07, 6.45) is -0.476. The fourth-order valence-corrected chi connectivity index (χ4v) is 3.73. The third-order valence-electron chi connectivity index (χ3n) is 5.08. The maximum absolute atomic E-state index is 13.5. The SMILES string of the molecule is CCOc1ccc(N2C(=O)c3ccccc3N[C@@H]2c2cccc(OC)c2OC)cc1. The Morgan fingerprint density at radius 2 is 1.70 bits per heavy atom. The molecular formula is C24H24N2O4. The molecule has 1 heterocycles. The van der Waals surface area contributed by atoms with Crippen LogP contribution in [0.1, 0.15) is 29.0 Å². The number of para-hydroxylation sites is 2. The van der Waals surface area contributed by atoms with Gasteiger partial charge in [-0.2, -0.15) is 0 Å². The molecule has 0 saturated carbocycles. The van der Waals surface area contributed by atoms with Crippen molar-refractivity contribution in [3.8, 4) is 17.2 Å². The largest absolute Gasteiger partial charge is 0.494 e. The normalized spacial score (nSPS) is 15.2. The third-order valence-corrected chi connectivity index (χ3v) is 5.08. The van der Waals surface area contributed by atoms with Crippen LogP contribution in [0.5, 0.6) is 17.2 Å². The molecule has 1 amide bonds. The van der Waals surface area contributed by atoms with Crippen molar-refractivity contribution < 1.29 is 19.0 Å². The highest BCUT2D eigenvalue weighted by molar-refractivity contribution is 6.12. The number of amides is 1. The van der Waals surface area contributed by atoms with E-state index in [-0.39, 0.29) is 5.91 Å². The first-order valence-corrected chi connectivity index (χ1v) is 9.80. The topological polar surface area (TPSA) is 60.0 Å². The van der Waals surface area contributed by atoms with Crippen LogP contribution in [0.15, 0.2) is 66.7 Å². The first kappa shape index (κ1) is 19.6. The van der Waals surface area contributed by atoms with Crippen molar-refractivity contribution in [2.24, 2.45) is 0 Å². The second-order valence-corrected chi connectivity index (χ2v) is 6.78. The van der Waals surface area contributed by atoms with Gasteiger partial charge in [-0.25, -0.2) is 0 Å². The fourth-order valence-electron chi connectivity index (χ4n) is 3.73. The number of hydrogen-bond acceptors (Lipinski definition) is 5. The minimum atomic E-state index is -0.476. The fraction of sp³-hybridized carbons (Fsp3) is 0.208. The second kappa shape index (κ2) is 8.37. The van der Waals surface area contributed by atoms with E-state index in [9.17, 15) is 4.79 Å². The Morgan fingerprint density at radius 3 is 2.40 bits per heavy atom. The number of hydrogen-bond donors (Lipinski definition) is 1. The van der Waals surface area contributed by atoms with Crippen molar-refractivity contribution >= 4 is 17.3 Å². The van der Waals surface area contributed by atoms with Crippen molar-refractivity contribution in [3.05, 3.63) is 77.9 Å². The number of benzene rings is 3. The minimum absolute atomic E-state index is 0.0941. The summed E-state index contributed by atoms with van der Waals surface area (Å²) in [4.78, 5) is 15.3. The molecular weight excluding hydrogens is 380 g/mol. The number of carbonyl (C=O) groups excluding carboxylic acids is 1. The first-order valence-electron chi connectivity index (χ1n) is 9.80. The van der Waals surface area contributed by atoms with Crippen LogP contribution in [-0.4, -0.2) is 26.7 Å². The molecule has 30 heavy (non-hydrogen) atoms. The minimum Gasteiger partial charge on any atom is -0.494 e. The van der Waals surface area contributed by atoms with E-state index in [2.05, 4.69) is 5.32 Å². The van der Waals surface area contributed by atoms with Crippen LogP contribution in [0.4, 0.5) is 11.4 Å². The maximum Gasteiger partial charge on any atom is 0.262 e. The van der Waals surface area contributed by atoms with Crippen LogP contribution in [0.2, 0.25) is 0 Å². The Bertz CT molecular complexity index is 1050. The van der Waals surface area contributed by atoms with Crippen molar-refractivity contribution in [2.75, 3.05) is 31.0 Å². The van der Waals surface area contributed by atoms with Gasteiger partial charge in [0.05, 0.1) is 26.4 Å². The number of ether oxygens (including phenoxy) is 3. The van der Waals surface area contributed by atoms with Crippen LogP contribution in [-0.2, 0) is 0 Å².